The van der Waals surface area contributed by atoms with E-state index in [-0.39, 0.29) is 24.2 Å². The molecule has 0 spiro atoms. The Bertz CT molecular complexity index is 775. The van der Waals surface area contributed by atoms with Crippen LogP contribution < -0.4 is 5.32 Å². The number of pyridine rings is 1. The Kier molecular flexibility index (Phi) is 5.98. The standard InChI is InChI=1S/C19H24N4O2S/c1-3-5-17-22-13(2)16(26-17)10-21-19(25)15-8-18(24)23(12-15)11-14-6-4-7-20-9-14/h4,6-7,9,15H,3,5,8,10-12H2,1-2H3,(H,21,25)/t15-/m0/s1. The summed E-state index contributed by atoms with van der Waals surface area (Å²) in [6.45, 7) is 5.56. The molecule has 2 aromatic heterocycles. The van der Waals surface area contributed by atoms with E-state index in [9.17, 15) is 9.59 Å². The number of nitrogens with one attached hydrogen (secondary N) is 1. The van der Waals surface area contributed by atoms with Crippen molar-refractivity contribution >= 4 is 23.2 Å². The fraction of sp³-hybridized carbons (Fsp3) is 0.474. The van der Waals surface area contributed by atoms with Crippen molar-refractivity contribution in [1.82, 2.24) is 20.2 Å². The molecule has 7 heteroatoms. The Morgan fingerprint density at radius 3 is 3.04 bits per heavy atom. The topological polar surface area (TPSA) is 75.2 Å². The van der Waals surface area contributed by atoms with Gasteiger partial charge in [0.2, 0.25) is 11.8 Å². The minimum Gasteiger partial charge on any atom is -0.351 e. The highest BCUT2D eigenvalue weighted by atomic mass is 32.1. The van der Waals surface area contributed by atoms with Crippen molar-refractivity contribution in [3.05, 3.63) is 45.7 Å². The number of aromatic nitrogens is 2. The molecular weight excluding hydrogens is 348 g/mol. The molecule has 1 saturated heterocycles. The van der Waals surface area contributed by atoms with Crippen LogP contribution in [0.5, 0.6) is 0 Å². The first-order valence-corrected chi connectivity index (χ1v) is 9.78. The molecule has 1 aliphatic heterocycles. The molecule has 0 radical (unpaired) electrons. The number of carbonyl (C=O) groups is 2. The van der Waals surface area contributed by atoms with Gasteiger partial charge >= 0.3 is 0 Å². The zero-order valence-electron chi connectivity index (χ0n) is 15.2. The minimum absolute atomic E-state index is 0.0215. The number of rotatable bonds is 7. The smallest absolute Gasteiger partial charge is 0.225 e. The van der Waals surface area contributed by atoms with Gasteiger partial charge in [0.25, 0.3) is 0 Å². The van der Waals surface area contributed by atoms with Gasteiger partial charge in [0, 0.05) is 36.8 Å². The van der Waals surface area contributed by atoms with Crippen LogP contribution in [0.25, 0.3) is 0 Å². The molecule has 3 rings (SSSR count). The van der Waals surface area contributed by atoms with E-state index in [0.29, 0.717) is 19.6 Å². The second-order valence-corrected chi connectivity index (χ2v) is 7.79. The third-order valence-corrected chi connectivity index (χ3v) is 5.72. The monoisotopic (exact) mass is 372 g/mol. The first-order chi connectivity index (χ1) is 12.6. The lowest BCUT2D eigenvalue weighted by Gasteiger charge is -2.16. The van der Waals surface area contributed by atoms with Gasteiger partial charge in [-0.15, -0.1) is 11.3 Å². The lowest BCUT2D eigenvalue weighted by Crippen LogP contribution is -2.32. The summed E-state index contributed by atoms with van der Waals surface area (Å²) < 4.78 is 0. The van der Waals surface area contributed by atoms with Gasteiger partial charge in [-0.25, -0.2) is 4.98 Å². The molecule has 0 aromatic carbocycles. The number of nitrogens with zero attached hydrogens (tertiary/aromatic N) is 3. The van der Waals surface area contributed by atoms with Crippen molar-refractivity contribution in [3.63, 3.8) is 0 Å². The Morgan fingerprint density at radius 2 is 2.31 bits per heavy atom. The van der Waals surface area contributed by atoms with Gasteiger partial charge < -0.3 is 10.2 Å². The zero-order valence-corrected chi connectivity index (χ0v) is 16.0. The van der Waals surface area contributed by atoms with E-state index in [1.165, 1.54) is 0 Å². The highest BCUT2D eigenvalue weighted by molar-refractivity contribution is 7.11. The lowest BCUT2D eigenvalue weighted by molar-refractivity contribution is -0.129. The van der Waals surface area contributed by atoms with Crippen molar-refractivity contribution < 1.29 is 9.59 Å². The van der Waals surface area contributed by atoms with Crippen LogP contribution in [0, 0.1) is 12.8 Å². The van der Waals surface area contributed by atoms with E-state index in [1.807, 2.05) is 19.1 Å². The number of carbonyl (C=O) groups excluding carboxylic acids is 2. The highest BCUT2D eigenvalue weighted by Gasteiger charge is 2.34. The van der Waals surface area contributed by atoms with Crippen molar-refractivity contribution in [1.29, 1.82) is 0 Å². The molecular formula is C19H24N4O2S. The SMILES string of the molecule is CCCc1nc(C)c(CNC(=O)[C@H]2CC(=O)N(Cc3cccnc3)C2)s1. The van der Waals surface area contributed by atoms with E-state index in [4.69, 9.17) is 0 Å². The van der Waals surface area contributed by atoms with Gasteiger partial charge in [-0.2, -0.15) is 0 Å². The maximum Gasteiger partial charge on any atom is 0.225 e. The zero-order chi connectivity index (χ0) is 18.5. The van der Waals surface area contributed by atoms with Gasteiger partial charge in [-0.1, -0.05) is 13.0 Å². The van der Waals surface area contributed by atoms with Crippen LogP contribution in [0.15, 0.2) is 24.5 Å². The summed E-state index contributed by atoms with van der Waals surface area (Å²) >= 11 is 1.66. The summed E-state index contributed by atoms with van der Waals surface area (Å²) in [4.78, 5) is 36.1. The van der Waals surface area contributed by atoms with Gasteiger partial charge in [0.1, 0.15) is 0 Å². The Balaban J connectivity index is 1.53. The van der Waals surface area contributed by atoms with Gasteiger partial charge in [-0.05, 0) is 31.4 Å². The van der Waals surface area contributed by atoms with Gasteiger partial charge in [0.05, 0.1) is 23.2 Å². The summed E-state index contributed by atoms with van der Waals surface area (Å²) in [6, 6.07) is 3.79. The summed E-state index contributed by atoms with van der Waals surface area (Å²) in [5, 5.41) is 4.10. The Morgan fingerprint density at radius 1 is 1.46 bits per heavy atom. The molecule has 1 fully saturated rings. The fourth-order valence-electron chi connectivity index (χ4n) is 3.10. The summed E-state index contributed by atoms with van der Waals surface area (Å²) in [5.74, 6) is -0.326. The molecule has 26 heavy (non-hydrogen) atoms. The molecule has 0 unspecified atom stereocenters. The van der Waals surface area contributed by atoms with Crippen molar-refractivity contribution in [2.45, 2.75) is 46.2 Å². The van der Waals surface area contributed by atoms with Crippen LogP contribution in [-0.4, -0.2) is 33.2 Å². The molecule has 138 valence electrons. The molecule has 1 aliphatic rings. The largest absolute Gasteiger partial charge is 0.351 e. The summed E-state index contributed by atoms with van der Waals surface area (Å²) in [7, 11) is 0. The van der Waals surface area contributed by atoms with Crippen LogP contribution in [-0.2, 0) is 29.1 Å². The first kappa shape index (κ1) is 18.5. The summed E-state index contributed by atoms with van der Waals surface area (Å²) in [5.41, 5.74) is 1.96. The normalized spacial score (nSPS) is 16.9. The molecule has 1 N–H and O–H groups in total. The van der Waals surface area contributed by atoms with Crippen molar-refractivity contribution in [2.75, 3.05) is 6.54 Å². The number of hydrogen-bond acceptors (Lipinski definition) is 5. The predicted molar refractivity (Wildman–Crippen MR) is 100 cm³/mol. The van der Waals surface area contributed by atoms with Crippen LogP contribution >= 0.6 is 11.3 Å². The molecule has 0 saturated carbocycles. The van der Waals surface area contributed by atoms with E-state index in [1.54, 1.807) is 28.6 Å². The van der Waals surface area contributed by atoms with Crippen LogP contribution in [0.4, 0.5) is 0 Å². The molecule has 2 amide bonds. The minimum atomic E-state index is -0.289. The van der Waals surface area contributed by atoms with E-state index in [0.717, 1.165) is 34.0 Å². The number of aryl methyl sites for hydroxylation is 2. The third-order valence-electron chi connectivity index (χ3n) is 4.51. The molecule has 2 aromatic rings. The molecule has 0 aliphatic carbocycles. The van der Waals surface area contributed by atoms with Crippen LogP contribution in [0.3, 0.4) is 0 Å². The summed E-state index contributed by atoms with van der Waals surface area (Å²) in [6.07, 6.45) is 5.77. The maximum absolute atomic E-state index is 12.5. The molecule has 6 nitrogen and oxygen atoms in total. The van der Waals surface area contributed by atoms with Crippen molar-refractivity contribution in [3.8, 4) is 0 Å². The molecule has 3 heterocycles. The third kappa shape index (κ3) is 4.46. The molecule has 1 atom stereocenters. The Labute approximate surface area is 157 Å². The second kappa shape index (κ2) is 8.40. The Hall–Kier alpha value is -2.28. The maximum atomic E-state index is 12.5. The predicted octanol–water partition coefficient (Wildman–Crippen LogP) is 2.46. The van der Waals surface area contributed by atoms with E-state index in [2.05, 4.69) is 22.2 Å². The van der Waals surface area contributed by atoms with Gasteiger partial charge in [-0.3, -0.25) is 14.6 Å². The van der Waals surface area contributed by atoms with Crippen molar-refractivity contribution in [2.24, 2.45) is 5.92 Å². The second-order valence-electron chi connectivity index (χ2n) is 6.62. The first-order valence-electron chi connectivity index (χ1n) is 8.96. The lowest BCUT2D eigenvalue weighted by atomic mass is 10.1. The van der Waals surface area contributed by atoms with Gasteiger partial charge in [0.15, 0.2) is 0 Å². The average molecular weight is 372 g/mol. The highest BCUT2D eigenvalue weighted by Crippen LogP contribution is 2.22. The number of amides is 2. The van der Waals surface area contributed by atoms with E-state index >= 15 is 0 Å². The number of likely N-dealkylation sites (tertiary alicyclic amines) is 1. The quantitative estimate of drug-likeness (QED) is 0.810. The number of thiazole rings is 1. The van der Waals surface area contributed by atoms with E-state index < -0.39 is 0 Å². The number of hydrogen-bond donors (Lipinski definition) is 1. The van der Waals surface area contributed by atoms with Crippen LogP contribution in [0.1, 0.15) is 40.9 Å². The fourth-order valence-corrected chi connectivity index (χ4v) is 4.21. The average Bonchev–Trinajstić information content (AvgIpc) is 3.17. The molecule has 0 bridgehead atoms. The van der Waals surface area contributed by atoms with Crippen LogP contribution in [0.2, 0.25) is 0 Å².